The van der Waals surface area contributed by atoms with Crippen molar-refractivity contribution in [2.75, 3.05) is 0 Å². The molecule has 0 radical (unpaired) electrons. The zero-order valence-corrected chi connectivity index (χ0v) is 9.69. The molecule has 0 saturated heterocycles. The van der Waals surface area contributed by atoms with Crippen molar-refractivity contribution < 1.29 is 5.11 Å². The Morgan fingerprint density at radius 3 is 2.87 bits per heavy atom. The van der Waals surface area contributed by atoms with Gasteiger partial charge in [0.2, 0.25) is 0 Å². The van der Waals surface area contributed by atoms with Crippen LogP contribution in [0.1, 0.15) is 57.8 Å². The lowest BCUT2D eigenvalue weighted by molar-refractivity contribution is 0.259. The van der Waals surface area contributed by atoms with E-state index in [1.54, 1.807) is 6.33 Å². The van der Waals surface area contributed by atoms with Crippen molar-refractivity contribution in [1.82, 2.24) is 14.8 Å². The number of rotatable bonds is 7. The minimum Gasteiger partial charge on any atom is -0.388 e. The number of unbranched alkanes of at least 4 members (excludes halogenated alkanes) is 3. The number of aromatic nitrogens is 3. The number of hydrogen-bond donors (Lipinski definition) is 1. The van der Waals surface area contributed by atoms with Crippen LogP contribution in [0.4, 0.5) is 0 Å². The molecule has 0 bridgehead atoms. The predicted molar refractivity (Wildman–Crippen MR) is 59.4 cm³/mol. The third kappa shape index (κ3) is 3.63. The summed E-state index contributed by atoms with van der Waals surface area (Å²) in [7, 11) is 0. The molecule has 0 saturated carbocycles. The fourth-order valence-electron chi connectivity index (χ4n) is 1.75. The first kappa shape index (κ1) is 12.2. The summed E-state index contributed by atoms with van der Waals surface area (Å²) < 4.78 is 1.96. The summed E-state index contributed by atoms with van der Waals surface area (Å²) >= 11 is 0. The van der Waals surface area contributed by atoms with Crippen molar-refractivity contribution in [1.29, 1.82) is 0 Å². The highest BCUT2D eigenvalue weighted by molar-refractivity contribution is 4.85. The van der Waals surface area contributed by atoms with Crippen LogP contribution in [0, 0.1) is 0 Å². The van der Waals surface area contributed by atoms with E-state index in [1.165, 1.54) is 25.7 Å². The van der Waals surface area contributed by atoms with E-state index in [-0.39, 0.29) is 6.61 Å². The molecule has 86 valence electrons. The molecule has 0 aromatic carbocycles. The monoisotopic (exact) mass is 211 g/mol. The molecule has 0 amide bonds. The molecule has 4 heteroatoms. The van der Waals surface area contributed by atoms with E-state index in [4.69, 9.17) is 5.11 Å². The summed E-state index contributed by atoms with van der Waals surface area (Å²) in [6.45, 7) is 4.33. The van der Waals surface area contributed by atoms with E-state index in [9.17, 15) is 0 Å². The Morgan fingerprint density at radius 1 is 1.40 bits per heavy atom. The molecule has 0 aliphatic heterocycles. The smallest absolute Gasteiger partial charge is 0.158 e. The first-order valence-corrected chi connectivity index (χ1v) is 5.78. The van der Waals surface area contributed by atoms with Crippen molar-refractivity contribution in [3.8, 4) is 0 Å². The van der Waals surface area contributed by atoms with Crippen molar-refractivity contribution in [2.24, 2.45) is 0 Å². The molecule has 1 aromatic heterocycles. The van der Waals surface area contributed by atoms with Crippen molar-refractivity contribution in [2.45, 2.75) is 58.6 Å². The SMILES string of the molecule is CCCCCCC(C)n1cnnc1CO. The molecule has 1 unspecified atom stereocenters. The van der Waals surface area contributed by atoms with Gasteiger partial charge in [0, 0.05) is 6.04 Å². The summed E-state index contributed by atoms with van der Waals surface area (Å²) in [5.74, 6) is 0.665. The van der Waals surface area contributed by atoms with Crippen LogP contribution in [0.25, 0.3) is 0 Å². The molecule has 0 fully saturated rings. The molecule has 0 aliphatic carbocycles. The normalized spacial score (nSPS) is 13.0. The predicted octanol–water partition coefficient (Wildman–Crippen LogP) is 2.30. The zero-order valence-electron chi connectivity index (χ0n) is 9.69. The Labute approximate surface area is 91.3 Å². The molecular formula is C11H21N3O. The maximum atomic E-state index is 9.04. The number of nitrogens with zero attached hydrogens (tertiary/aromatic N) is 3. The van der Waals surface area contributed by atoms with Crippen molar-refractivity contribution in [3.05, 3.63) is 12.2 Å². The molecule has 0 aliphatic rings. The van der Waals surface area contributed by atoms with E-state index in [0.717, 1.165) is 6.42 Å². The van der Waals surface area contributed by atoms with Crippen LogP contribution in [-0.4, -0.2) is 19.9 Å². The van der Waals surface area contributed by atoms with Crippen LogP contribution >= 0.6 is 0 Å². The lowest BCUT2D eigenvalue weighted by atomic mass is 10.1. The highest BCUT2D eigenvalue weighted by Gasteiger charge is 2.09. The fraction of sp³-hybridized carbons (Fsp3) is 0.818. The highest BCUT2D eigenvalue weighted by Crippen LogP contribution is 2.16. The second-order valence-corrected chi connectivity index (χ2v) is 4.01. The van der Waals surface area contributed by atoms with Crippen LogP contribution in [-0.2, 0) is 6.61 Å². The minimum absolute atomic E-state index is 0.0285. The largest absolute Gasteiger partial charge is 0.388 e. The molecule has 4 nitrogen and oxygen atoms in total. The summed E-state index contributed by atoms with van der Waals surface area (Å²) in [5, 5.41) is 16.7. The molecule has 1 N–H and O–H groups in total. The van der Waals surface area contributed by atoms with Gasteiger partial charge in [-0.05, 0) is 13.3 Å². The Morgan fingerprint density at radius 2 is 2.20 bits per heavy atom. The summed E-state index contributed by atoms with van der Waals surface area (Å²) in [5.41, 5.74) is 0. The number of aliphatic hydroxyl groups excluding tert-OH is 1. The molecule has 1 aromatic rings. The van der Waals surface area contributed by atoms with Gasteiger partial charge in [0.25, 0.3) is 0 Å². The van der Waals surface area contributed by atoms with Crippen molar-refractivity contribution >= 4 is 0 Å². The average molecular weight is 211 g/mol. The third-order valence-electron chi connectivity index (χ3n) is 2.74. The molecule has 1 atom stereocenters. The van der Waals surface area contributed by atoms with Gasteiger partial charge in [-0.3, -0.25) is 0 Å². The highest BCUT2D eigenvalue weighted by atomic mass is 16.3. The molecular weight excluding hydrogens is 190 g/mol. The van der Waals surface area contributed by atoms with E-state index in [0.29, 0.717) is 11.9 Å². The maximum absolute atomic E-state index is 9.04. The van der Waals surface area contributed by atoms with Gasteiger partial charge in [-0.2, -0.15) is 0 Å². The molecule has 0 spiro atoms. The van der Waals surface area contributed by atoms with Gasteiger partial charge in [0.1, 0.15) is 12.9 Å². The molecule has 15 heavy (non-hydrogen) atoms. The average Bonchev–Trinajstić information content (AvgIpc) is 2.72. The second-order valence-electron chi connectivity index (χ2n) is 4.01. The van der Waals surface area contributed by atoms with Crippen molar-refractivity contribution in [3.63, 3.8) is 0 Å². The van der Waals surface area contributed by atoms with E-state index in [2.05, 4.69) is 24.0 Å². The lowest BCUT2D eigenvalue weighted by Gasteiger charge is -2.14. The minimum atomic E-state index is -0.0285. The molecule has 1 rings (SSSR count). The van der Waals surface area contributed by atoms with Gasteiger partial charge in [-0.25, -0.2) is 0 Å². The quantitative estimate of drug-likeness (QED) is 0.704. The standard InChI is InChI=1S/C11H21N3O/c1-3-4-5-6-7-10(2)14-9-12-13-11(14)8-15/h9-10,15H,3-8H2,1-2H3. The van der Waals surface area contributed by atoms with Gasteiger partial charge in [-0.1, -0.05) is 32.6 Å². The Balaban J connectivity index is 2.36. The van der Waals surface area contributed by atoms with E-state index < -0.39 is 0 Å². The van der Waals surface area contributed by atoms with Crippen LogP contribution in [0.15, 0.2) is 6.33 Å². The number of aliphatic hydroxyl groups is 1. The molecule has 1 heterocycles. The fourth-order valence-corrected chi connectivity index (χ4v) is 1.75. The summed E-state index contributed by atoms with van der Waals surface area (Å²) in [6.07, 6.45) is 7.93. The first-order chi connectivity index (χ1) is 7.29. The Bertz CT molecular complexity index is 273. The van der Waals surface area contributed by atoms with Crippen LogP contribution in [0.3, 0.4) is 0 Å². The van der Waals surface area contributed by atoms with Crippen LogP contribution < -0.4 is 0 Å². The van der Waals surface area contributed by atoms with Crippen LogP contribution in [0.2, 0.25) is 0 Å². The number of hydrogen-bond acceptors (Lipinski definition) is 3. The Hall–Kier alpha value is -0.900. The Kier molecular flexibility index (Phi) is 5.32. The van der Waals surface area contributed by atoms with E-state index >= 15 is 0 Å². The zero-order chi connectivity index (χ0) is 11.1. The second kappa shape index (κ2) is 6.56. The van der Waals surface area contributed by atoms with Gasteiger partial charge in [0.15, 0.2) is 5.82 Å². The lowest BCUT2D eigenvalue weighted by Crippen LogP contribution is -2.08. The van der Waals surface area contributed by atoms with Gasteiger partial charge in [-0.15, -0.1) is 10.2 Å². The first-order valence-electron chi connectivity index (χ1n) is 5.78. The topological polar surface area (TPSA) is 50.9 Å². The van der Waals surface area contributed by atoms with Gasteiger partial charge in [0.05, 0.1) is 0 Å². The summed E-state index contributed by atoms with van der Waals surface area (Å²) in [4.78, 5) is 0. The van der Waals surface area contributed by atoms with E-state index in [1.807, 2.05) is 4.57 Å². The van der Waals surface area contributed by atoms with Gasteiger partial charge < -0.3 is 9.67 Å². The maximum Gasteiger partial charge on any atom is 0.158 e. The van der Waals surface area contributed by atoms with Crippen LogP contribution in [0.5, 0.6) is 0 Å². The summed E-state index contributed by atoms with van der Waals surface area (Å²) in [6, 6.07) is 0.388. The van der Waals surface area contributed by atoms with Gasteiger partial charge >= 0.3 is 0 Å². The third-order valence-corrected chi connectivity index (χ3v) is 2.74.